The number of imidazole rings is 1. The molecule has 6 heteroatoms. The quantitative estimate of drug-likeness (QED) is 0.600. The molecule has 94 valence electrons. The van der Waals surface area contributed by atoms with Crippen molar-refractivity contribution >= 4 is 5.91 Å². The summed E-state index contributed by atoms with van der Waals surface area (Å²) in [4.78, 5) is 18.7. The lowest BCUT2D eigenvalue weighted by atomic mass is 10.2. The van der Waals surface area contributed by atoms with Gasteiger partial charge in [-0.05, 0) is 18.2 Å². The van der Waals surface area contributed by atoms with Gasteiger partial charge in [0, 0.05) is 30.9 Å². The van der Waals surface area contributed by atoms with E-state index in [9.17, 15) is 9.90 Å². The smallest absolute Gasteiger partial charge is 0.251 e. The first-order valence-electron chi connectivity index (χ1n) is 5.45. The van der Waals surface area contributed by atoms with Gasteiger partial charge in [-0.2, -0.15) is 0 Å². The van der Waals surface area contributed by atoms with E-state index in [2.05, 4.69) is 15.3 Å². The van der Waals surface area contributed by atoms with Crippen molar-refractivity contribution in [2.24, 2.45) is 0 Å². The van der Waals surface area contributed by atoms with Crippen LogP contribution in [0, 0.1) is 0 Å². The number of phenolic OH excluding ortho intramolecular Hbond substituents is 2. The van der Waals surface area contributed by atoms with Crippen molar-refractivity contribution in [1.29, 1.82) is 0 Å². The third-order valence-corrected chi connectivity index (χ3v) is 2.44. The number of nitrogens with one attached hydrogen (secondary N) is 2. The fourth-order valence-corrected chi connectivity index (χ4v) is 1.50. The summed E-state index contributed by atoms with van der Waals surface area (Å²) in [5.41, 5.74) is 0.296. The molecule has 0 saturated heterocycles. The van der Waals surface area contributed by atoms with Crippen LogP contribution in [-0.4, -0.2) is 32.6 Å². The van der Waals surface area contributed by atoms with Crippen molar-refractivity contribution in [2.45, 2.75) is 6.42 Å². The van der Waals surface area contributed by atoms with Gasteiger partial charge in [-0.15, -0.1) is 0 Å². The van der Waals surface area contributed by atoms with E-state index in [0.717, 1.165) is 5.82 Å². The van der Waals surface area contributed by atoms with Gasteiger partial charge in [0.2, 0.25) is 0 Å². The zero-order valence-corrected chi connectivity index (χ0v) is 9.55. The van der Waals surface area contributed by atoms with Crippen molar-refractivity contribution in [3.63, 3.8) is 0 Å². The molecule has 0 fully saturated rings. The third kappa shape index (κ3) is 2.79. The minimum absolute atomic E-state index is 0.248. The Morgan fingerprint density at radius 3 is 2.83 bits per heavy atom. The van der Waals surface area contributed by atoms with Gasteiger partial charge in [0.15, 0.2) is 11.5 Å². The van der Waals surface area contributed by atoms with E-state index >= 15 is 0 Å². The number of phenols is 2. The van der Waals surface area contributed by atoms with E-state index in [1.807, 2.05) is 0 Å². The van der Waals surface area contributed by atoms with Gasteiger partial charge in [0.1, 0.15) is 5.82 Å². The van der Waals surface area contributed by atoms with E-state index in [0.29, 0.717) is 18.5 Å². The Bertz CT molecular complexity index is 538. The number of carbonyl (C=O) groups is 1. The van der Waals surface area contributed by atoms with Crippen LogP contribution in [0.5, 0.6) is 11.5 Å². The molecule has 4 N–H and O–H groups in total. The average Bonchev–Trinajstić information content (AvgIpc) is 2.85. The second-order valence-electron chi connectivity index (χ2n) is 3.75. The van der Waals surface area contributed by atoms with Gasteiger partial charge in [0.25, 0.3) is 5.91 Å². The largest absolute Gasteiger partial charge is 0.504 e. The Balaban J connectivity index is 1.89. The summed E-state index contributed by atoms with van der Waals surface area (Å²) in [5.74, 6) is -0.0727. The molecule has 0 spiro atoms. The topological polar surface area (TPSA) is 98.2 Å². The Morgan fingerprint density at radius 2 is 2.17 bits per heavy atom. The van der Waals surface area contributed by atoms with Crippen molar-refractivity contribution in [1.82, 2.24) is 15.3 Å². The standard InChI is InChI=1S/C12H13N3O3/c16-9-2-1-8(7-10(9)17)12(18)15-4-3-11-13-5-6-14-11/h1-2,5-7,16-17H,3-4H2,(H,13,14)(H,15,18). The van der Waals surface area contributed by atoms with Crippen LogP contribution in [0.3, 0.4) is 0 Å². The van der Waals surface area contributed by atoms with E-state index < -0.39 is 0 Å². The fraction of sp³-hybridized carbons (Fsp3) is 0.167. The molecule has 1 heterocycles. The molecule has 2 rings (SSSR count). The van der Waals surface area contributed by atoms with Crippen molar-refractivity contribution in [3.8, 4) is 11.5 Å². The second kappa shape index (κ2) is 5.22. The van der Waals surface area contributed by atoms with Crippen LogP contribution in [0.25, 0.3) is 0 Å². The Kier molecular flexibility index (Phi) is 3.47. The lowest BCUT2D eigenvalue weighted by molar-refractivity contribution is 0.0953. The predicted octanol–water partition coefficient (Wildman–Crippen LogP) is 0.793. The maximum absolute atomic E-state index is 11.7. The van der Waals surface area contributed by atoms with E-state index in [4.69, 9.17) is 5.11 Å². The summed E-state index contributed by atoms with van der Waals surface area (Å²) in [5, 5.41) is 21.1. The molecule has 0 bridgehead atoms. The SMILES string of the molecule is O=C(NCCc1ncc[nH]1)c1ccc(O)c(O)c1. The van der Waals surface area contributed by atoms with Crippen LogP contribution in [-0.2, 0) is 6.42 Å². The number of benzene rings is 1. The van der Waals surface area contributed by atoms with Crippen LogP contribution in [0.15, 0.2) is 30.6 Å². The molecule has 1 amide bonds. The highest BCUT2D eigenvalue weighted by Crippen LogP contribution is 2.24. The molecule has 0 aliphatic carbocycles. The molecule has 0 radical (unpaired) electrons. The van der Waals surface area contributed by atoms with Gasteiger partial charge in [-0.25, -0.2) is 4.98 Å². The zero-order valence-electron chi connectivity index (χ0n) is 9.55. The van der Waals surface area contributed by atoms with Crippen molar-refractivity contribution in [3.05, 3.63) is 42.0 Å². The number of aromatic nitrogens is 2. The molecule has 6 nitrogen and oxygen atoms in total. The minimum Gasteiger partial charge on any atom is -0.504 e. The summed E-state index contributed by atoms with van der Waals surface area (Å²) in [6, 6.07) is 3.94. The van der Waals surface area contributed by atoms with Gasteiger partial charge in [-0.1, -0.05) is 0 Å². The highest BCUT2D eigenvalue weighted by atomic mass is 16.3. The van der Waals surface area contributed by atoms with Crippen LogP contribution in [0.2, 0.25) is 0 Å². The normalized spacial score (nSPS) is 10.2. The number of nitrogens with zero attached hydrogens (tertiary/aromatic N) is 1. The van der Waals surface area contributed by atoms with Gasteiger partial charge >= 0.3 is 0 Å². The van der Waals surface area contributed by atoms with E-state index in [-0.39, 0.29) is 17.4 Å². The molecule has 0 aliphatic heterocycles. The predicted molar refractivity (Wildman–Crippen MR) is 64.4 cm³/mol. The number of hydrogen-bond acceptors (Lipinski definition) is 4. The number of aromatic amines is 1. The maximum Gasteiger partial charge on any atom is 0.251 e. The molecule has 0 unspecified atom stereocenters. The van der Waals surface area contributed by atoms with Crippen LogP contribution in [0.4, 0.5) is 0 Å². The third-order valence-electron chi connectivity index (χ3n) is 2.44. The highest BCUT2D eigenvalue weighted by Gasteiger charge is 2.08. The number of rotatable bonds is 4. The average molecular weight is 247 g/mol. The monoisotopic (exact) mass is 247 g/mol. The first-order valence-corrected chi connectivity index (χ1v) is 5.45. The molecule has 1 aromatic heterocycles. The molecule has 18 heavy (non-hydrogen) atoms. The Hall–Kier alpha value is -2.50. The summed E-state index contributed by atoms with van der Waals surface area (Å²) in [7, 11) is 0. The molecule has 0 atom stereocenters. The first kappa shape index (κ1) is 12.0. The molecule has 0 saturated carbocycles. The molecule has 0 aliphatic rings. The minimum atomic E-state index is -0.311. The molecule has 1 aromatic carbocycles. The fourth-order valence-electron chi connectivity index (χ4n) is 1.50. The molecular weight excluding hydrogens is 234 g/mol. The lowest BCUT2D eigenvalue weighted by Gasteiger charge is -2.05. The molecular formula is C12H13N3O3. The second-order valence-corrected chi connectivity index (χ2v) is 3.75. The Labute approximate surface area is 103 Å². The van der Waals surface area contributed by atoms with Crippen LogP contribution >= 0.6 is 0 Å². The van der Waals surface area contributed by atoms with E-state index in [1.54, 1.807) is 12.4 Å². The van der Waals surface area contributed by atoms with Crippen molar-refractivity contribution in [2.75, 3.05) is 6.54 Å². The summed E-state index contributed by atoms with van der Waals surface area (Å²) in [6.07, 6.45) is 3.97. The number of amides is 1. The summed E-state index contributed by atoms with van der Waals surface area (Å²) < 4.78 is 0. The van der Waals surface area contributed by atoms with Gasteiger partial charge < -0.3 is 20.5 Å². The lowest BCUT2D eigenvalue weighted by Crippen LogP contribution is -2.25. The number of H-pyrrole nitrogens is 1. The molecule has 2 aromatic rings. The van der Waals surface area contributed by atoms with Crippen molar-refractivity contribution < 1.29 is 15.0 Å². The number of carbonyl (C=O) groups excluding carboxylic acids is 1. The van der Waals surface area contributed by atoms with Crippen LogP contribution < -0.4 is 5.32 Å². The highest BCUT2D eigenvalue weighted by molar-refractivity contribution is 5.94. The summed E-state index contributed by atoms with van der Waals surface area (Å²) in [6.45, 7) is 0.438. The number of hydrogen-bond donors (Lipinski definition) is 4. The van der Waals surface area contributed by atoms with Gasteiger partial charge in [0.05, 0.1) is 0 Å². The summed E-state index contributed by atoms with van der Waals surface area (Å²) >= 11 is 0. The zero-order chi connectivity index (χ0) is 13.0. The Morgan fingerprint density at radius 1 is 1.33 bits per heavy atom. The van der Waals surface area contributed by atoms with Gasteiger partial charge in [-0.3, -0.25) is 4.79 Å². The number of aromatic hydroxyl groups is 2. The van der Waals surface area contributed by atoms with Crippen LogP contribution in [0.1, 0.15) is 16.2 Å². The van der Waals surface area contributed by atoms with E-state index in [1.165, 1.54) is 18.2 Å². The first-order chi connectivity index (χ1) is 8.66. The maximum atomic E-state index is 11.7.